The fraction of sp³-hybridized carbons (Fsp3) is 0.350. The molecule has 1 aromatic carbocycles. The molecular weight excluding hydrogens is 420 g/mol. The Hall–Kier alpha value is -2.78. The number of ether oxygens (including phenoxy) is 2. The van der Waals surface area contributed by atoms with E-state index in [0.717, 1.165) is 11.0 Å². The Kier molecular flexibility index (Phi) is 5.57. The maximum atomic E-state index is 14.5. The van der Waals surface area contributed by atoms with Gasteiger partial charge in [-0.1, -0.05) is 17.7 Å². The summed E-state index contributed by atoms with van der Waals surface area (Å²) in [5.41, 5.74) is 0.491. The van der Waals surface area contributed by atoms with Crippen LogP contribution in [0.15, 0.2) is 30.5 Å². The van der Waals surface area contributed by atoms with E-state index in [1.54, 1.807) is 6.07 Å². The molecule has 0 N–H and O–H groups in total. The zero-order valence-corrected chi connectivity index (χ0v) is 16.7. The van der Waals surface area contributed by atoms with Gasteiger partial charge in [-0.25, -0.2) is 13.8 Å². The molecule has 30 heavy (non-hydrogen) atoms. The number of hydrogen-bond donors (Lipinski definition) is 0. The third-order valence-electron chi connectivity index (χ3n) is 5.20. The van der Waals surface area contributed by atoms with Crippen molar-refractivity contribution < 1.29 is 27.8 Å². The summed E-state index contributed by atoms with van der Waals surface area (Å²) in [7, 11) is 1.37. The molecule has 0 saturated carbocycles. The van der Waals surface area contributed by atoms with E-state index in [2.05, 4.69) is 4.98 Å². The van der Waals surface area contributed by atoms with Crippen LogP contribution in [-0.2, 0) is 20.9 Å². The van der Waals surface area contributed by atoms with E-state index in [4.69, 9.17) is 21.1 Å². The van der Waals surface area contributed by atoms with Crippen LogP contribution in [0, 0.1) is 17.6 Å². The zero-order chi connectivity index (χ0) is 21.4. The van der Waals surface area contributed by atoms with Gasteiger partial charge in [-0.3, -0.25) is 14.5 Å². The summed E-state index contributed by atoms with van der Waals surface area (Å²) in [5.74, 6) is -2.54. The van der Waals surface area contributed by atoms with Crippen molar-refractivity contribution in [2.45, 2.75) is 12.6 Å². The average molecular weight is 438 g/mol. The van der Waals surface area contributed by atoms with Crippen molar-refractivity contribution in [3.63, 3.8) is 0 Å². The van der Waals surface area contributed by atoms with Crippen LogP contribution in [-0.4, -0.2) is 54.6 Å². The molecule has 1 atom stereocenters. The number of aromatic nitrogens is 1. The van der Waals surface area contributed by atoms with Gasteiger partial charge in [-0.05, 0) is 17.7 Å². The van der Waals surface area contributed by atoms with Crippen molar-refractivity contribution in [3.05, 3.63) is 52.7 Å². The topological polar surface area (TPSA) is 72.0 Å². The third-order valence-corrected chi connectivity index (χ3v) is 5.51. The summed E-state index contributed by atoms with van der Waals surface area (Å²) in [6, 6.07) is 4.44. The molecule has 2 fully saturated rings. The fourth-order valence-electron chi connectivity index (χ4n) is 3.57. The van der Waals surface area contributed by atoms with E-state index in [1.807, 2.05) is 0 Å². The van der Waals surface area contributed by atoms with Crippen molar-refractivity contribution >= 4 is 29.2 Å². The third kappa shape index (κ3) is 3.70. The Morgan fingerprint density at radius 2 is 2.00 bits per heavy atom. The maximum absolute atomic E-state index is 14.5. The van der Waals surface area contributed by atoms with Crippen LogP contribution in [0.5, 0.6) is 5.75 Å². The Morgan fingerprint density at radius 1 is 1.23 bits per heavy atom. The van der Waals surface area contributed by atoms with Gasteiger partial charge in [0.15, 0.2) is 11.6 Å². The highest BCUT2D eigenvalue weighted by Crippen LogP contribution is 2.31. The van der Waals surface area contributed by atoms with E-state index >= 15 is 0 Å². The molecule has 2 amide bonds. The Labute approximate surface area is 176 Å². The second kappa shape index (κ2) is 8.16. The number of pyridine rings is 1. The molecule has 158 valence electrons. The number of methoxy groups -OCH3 is 1. The number of piperazine rings is 1. The standard InChI is InChI=1S/C20H18ClF2N3O4/c1-29-13-5-16(23)19(24-6-13)26-8-17(27)25(18(20(26)28)12-9-30-10-12)7-11-2-3-14(21)15(22)4-11/h2-6,12,18H,7-10H2,1H3/t18-/m0/s1. The number of nitrogens with zero attached hydrogens (tertiary/aromatic N) is 3. The lowest BCUT2D eigenvalue weighted by Gasteiger charge is -2.45. The van der Waals surface area contributed by atoms with Crippen molar-refractivity contribution in [2.24, 2.45) is 5.92 Å². The minimum absolute atomic E-state index is 0.0200. The normalized spacial score (nSPS) is 19.8. The number of carbonyl (C=O) groups excluding carboxylic acids is 2. The van der Waals surface area contributed by atoms with Crippen LogP contribution < -0.4 is 9.64 Å². The smallest absolute Gasteiger partial charge is 0.251 e. The first kappa shape index (κ1) is 20.5. The zero-order valence-electron chi connectivity index (χ0n) is 16.0. The highest BCUT2D eigenvalue weighted by Gasteiger charge is 2.47. The monoisotopic (exact) mass is 437 g/mol. The van der Waals surface area contributed by atoms with Gasteiger partial charge in [0.2, 0.25) is 5.91 Å². The Balaban J connectivity index is 1.65. The average Bonchev–Trinajstić information content (AvgIpc) is 2.68. The van der Waals surface area contributed by atoms with Gasteiger partial charge in [0.05, 0.1) is 31.5 Å². The van der Waals surface area contributed by atoms with Crippen molar-refractivity contribution in [3.8, 4) is 5.75 Å². The van der Waals surface area contributed by atoms with Crippen LogP contribution in [0.3, 0.4) is 0 Å². The first-order valence-corrected chi connectivity index (χ1v) is 9.59. The molecule has 7 nitrogen and oxygen atoms in total. The first-order valence-electron chi connectivity index (χ1n) is 9.21. The molecule has 10 heteroatoms. The van der Waals surface area contributed by atoms with Crippen LogP contribution in [0.2, 0.25) is 5.02 Å². The molecule has 0 aliphatic carbocycles. The SMILES string of the molecule is COc1cnc(N2CC(=O)N(Cc3ccc(Cl)c(F)c3)[C@@H](C3COC3)C2=O)c(F)c1. The van der Waals surface area contributed by atoms with E-state index < -0.39 is 29.5 Å². The summed E-state index contributed by atoms with van der Waals surface area (Å²) in [6.07, 6.45) is 1.28. The molecule has 3 heterocycles. The number of hydrogen-bond acceptors (Lipinski definition) is 5. The van der Waals surface area contributed by atoms with E-state index in [9.17, 15) is 18.4 Å². The molecule has 2 aromatic rings. The number of halogens is 3. The van der Waals surface area contributed by atoms with Crippen molar-refractivity contribution in [1.82, 2.24) is 9.88 Å². The van der Waals surface area contributed by atoms with Gasteiger partial charge in [-0.2, -0.15) is 0 Å². The Morgan fingerprint density at radius 3 is 2.60 bits per heavy atom. The molecule has 0 spiro atoms. The number of rotatable bonds is 5. The first-order chi connectivity index (χ1) is 14.4. The van der Waals surface area contributed by atoms with Gasteiger partial charge >= 0.3 is 0 Å². The maximum Gasteiger partial charge on any atom is 0.251 e. The minimum Gasteiger partial charge on any atom is -0.495 e. The summed E-state index contributed by atoms with van der Waals surface area (Å²) in [5, 5.41) is -0.0315. The highest BCUT2D eigenvalue weighted by molar-refractivity contribution is 6.30. The summed E-state index contributed by atoms with van der Waals surface area (Å²) < 4.78 is 38.5. The second-order valence-electron chi connectivity index (χ2n) is 7.12. The van der Waals surface area contributed by atoms with Gasteiger partial charge in [0, 0.05) is 18.5 Å². The van der Waals surface area contributed by atoms with Gasteiger partial charge in [0.25, 0.3) is 5.91 Å². The van der Waals surface area contributed by atoms with Gasteiger partial charge in [0.1, 0.15) is 24.2 Å². The lowest BCUT2D eigenvalue weighted by molar-refractivity contribution is -0.155. The van der Waals surface area contributed by atoms with Crippen LogP contribution in [0.1, 0.15) is 5.56 Å². The predicted molar refractivity (Wildman–Crippen MR) is 103 cm³/mol. The summed E-state index contributed by atoms with van der Waals surface area (Å²) >= 11 is 5.73. The molecule has 2 aliphatic rings. The molecule has 1 aromatic heterocycles. The van der Waals surface area contributed by atoms with Gasteiger partial charge < -0.3 is 14.4 Å². The largest absolute Gasteiger partial charge is 0.495 e. The van der Waals surface area contributed by atoms with Crippen molar-refractivity contribution in [2.75, 3.05) is 31.8 Å². The second-order valence-corrected chi connectivity index (χ2v) is 7.52. The van der Waals surface area contributed by atoms with Crippen LogP contribution >= 0.6 is 11.6 Å². The Bertz CT molecular complexity index is 1000. The van der Waals surface area contributed by atoms with Gasteiger partial charge in [-0.15, -0.1) is 0 Å². The van der Waals surface area contributed by atoms with E-state index in [-0.39, 0.29) is 35.6 Å². The lowest BCUT2D eigenvalue weighted by atomic mass is 9.92. The number of anilines is 1. The molecule has 0 unspecified atom stereocenters. The molecule has 0 radical (unpaired) electrons. The van der Waals surface area contributed by atoms with Crippen LogP contribution in [0.25, 0.3) is 0 Å². The molecule has 0 bridgehead atoms. The number of benzene rings is 1. The van der Waals surface area contributed by atoms with E-state index in [0.29, 0.717) is 18.8 Å². The number of carbonyl (C=O) groups is 2. The van der Waals surface area contributed by atoms with E-state index in [1.165, 1.54) is 30.3 Å². The highest BCUT2D eigenvalue weighted by atomic mass is 35.5. The molecule has 2 saturated heterocycles. The minimum atomic E-state index is -0.873. The lowest BCUT2D eigenvalue weighted by Crippen LogP contribution is -2.65. The fourth-order valence-corrected chi connectivity index (χ4v) is 3.69. The number of amides is 2. The van der Waals surface area contributed by atoms with Crippen molar-refractivity contribution in [1.29, 1.82) is 0 Å². The van der Waals surface area contributed by atoms with Crippen LogP contribution in [0.4, 0.5) is 14.6 Å². The predicted octanol–water partition coefficient (Wildman–Crippen LogP) is 2.41. The molecular formula is C20H18ClF2N3O4. The molecule has 2 aliphatic heterocycles. The summed E-state index contributed by atoms with van der Waals surface area (Å²) in [6.45, 7) is 0.227. The quantitative estimate of drug-likeness (QED) is 0.718. The summed E-state index contributed by atoms with van der Waals surface area (Å²) in [4.78, 5) is 32.6. The molecule has 4 rings (SSSR count).